The van der Waals surface area contributed by atoms with Gasteiger partial charge in [-0.15, -0.1) is 0 Å². The Hall–Kier alpha value is -2.82. The molecule has 2 aromatic carbocycles. The molecule has 0 bridgehead atoms. The Morgan fingerprint density at radius 1 is 0.962 bits per heavy atom. The number of rotatable bonds is 8. The highest BCUT2D eigenvalue weighted by Gasteiger charge is 2.28. The quantitative estimate of drug-likeness (QED) is 0.678. The summed E-state index contributed by atoms with van der Waals surface area (Å²) < 4.78 is 10.5. The molecule has 0 aliphatic carbocycles. The van der Waals surface area contributed by atoms with Crippen LogP contribution in [-0.4, -0.2) is 36.0 Å². The summed E-state index contributed by atoms with van der Waals surface area (Å²) in [6.07, 6.45) is 0. The maximum absolute atomic E-state index is 13.0. The number of nitrogens with zero attached hydrogens (tertiary/aromatic N) is 1. The Labute approximate surface area is 154 Å². The van der Waals surface area contributed by atoms with Gasteiger partial charge in [-0.05, 0) is 50.6 Å². The number of esters is 1. The molecule has 1 atom stereocenters. The van der Waals surface area contributed by atoms with Crippen LogP contribution >= 0.6 is 0 Å². The molecule has 0 aliphatic rings. The average molecular weight is 355 g/mol. The largest absolute Gasteiger partial charge is 0.494 e. The van der Waals surface area contributed by atoms with Crippen LogP contribution in [0.15, 0.2) is 54.6 Å². The van der Waals surface area contributed by atoms with Gasteiger partial charge in [0.2, 0.25) is 0 Å². The van der Waals surface area contributed by atoms with E-state index in [1.54, 1.807) is 38.1 Å². The van der Waals surface area contributed by atoms with Crippen LogP contribution in [0.4, 0.5) is 0 Å². The molecule has 138 valence electrons. The molecule has 5 nitrogen and oxygen atoms in total. The fourth-order valence-corrected chi connectivity index (χ4v) is 2.58. The van der Waals surface area contributed by atoms with Gasteiger partial charge in [0.05, 0.1) is 13.2 Å². The van der Waals surface area contributed by atoms with Crippen LogP contribution in [0.3, 0.4) is 0 Å². The van der Waals surface area contributed by atoms with E-state index < -0.39 is 12.0 Å². The third-order valence-electron chi connectivity index (χ3n) is 3.96. The smallest absolute Gasteiger partial charge is 0.328 e. The van der Waals surface area contributed by atoms with Crippen molar-refractivity contribution >= 4 is 11.9 Å². The van der Waals surface area contributed by atoms with Gasteiger partial charge in [0.15, 0.2) is 0 Å². The van der Waals surface area contributed by atoms with Crippen LogP contribution in [0, 0.1) is 0 Å². The molecule has 0 saturated carbocycles. The molecule has 2 aromatic rings. The third kappa shape index (κ3) is 5.09. The normalized spacial score (nSPS) is 11.5. The number of hydrogen-bond acceptors (Lipinski definition) is 4. The van der Waals surface area contributed by atoms with E-state index in [2.05, 4.69) is 0 Å². The number of hydrogen-bond donors (Lipinski definition) is 0. The zero-order valence-electron chi connectivity index (χ0n) is 15.5. The summed E-state index contributed by atoms with van der Waals surface area (Å²) in [7, 11) is 0. The maximum atomic E-state index is 13.0. The maximum Gasteiger partial charge on any atom is 0.328 e. The van der Waals surface area contributed by atoms with Crippen molar-refractivity contribution in [1.82, 2.24) is 4.90 Å². The SMILES string of the molecule is CCOC(=O)C(C)N(Cc1ccccc1)C(=O)c1ccc(OCC)cc1. The summed E-state index contributed by atoms with van der Waals surface area (Å²) in [5.74, 6) is 0.0669. The molecule has 0 aromatic heterocycles. The van der Waals surface area contributed by atoms with Crippen molar-refractivity contribution in [3.63, 3.8) is 0 Å². The van der Waals surface area contributed by atoms with Crippen LogP contribution in [0.5, 0.6) is 5.75 Å². The second-order valence-electron chi connectivity index (χ2n) is 5.80. The topological polar surface area (TPSA) is 55.8 Å². The molecular formula is C21H25NO4. The number of carbonyl (C=O) groups excluding carboxylic acids is 2. The van der Waals surface area contributed by atoms with Crippen LogP contribution in [0.1, 0.15) is 36.7 Å². The first-order chi connectivity index (χ1) is 12.6. The van der Waals surface area contributed by atoms with E-state index in [1.807, 2.05) is 37.3 Å². The first-order valence-electron chi connectivity index (χ1n) is 8.81. The summed E-state index contributed by atoms with van der Waals surface area (Å²) in [5.41, 5.74) is 1.45. The first-order valence-corrected chi connectivity index (χ1v) is 8.81. The summed E-state index contributed by atoms with van der Waals surface area (Å²) in [6, 6.07) is 15.8. The van der Waals surface area contributed by atoms with Crippen molar-refractivity contribution in [1.29, 1.82) is 0 Å². The average Bonchev–Trinajstić information content (AvgIpc) is 2.67. The van der Waals surface area contributed by atoms with Gasteiger partial charge in [-0.3, -0.25) is 4.79 Å². The monoisotopic (exact) mass is 355 g/mol. The van der Waals surface area contributed by atoms with Crippen LogP contribution in [0.25, 0.3) is 0 Å². The van der Waals surface area contributed by atoms with E-state index in [-0.39, 0.29) is 12.5 Å². The number of carbonyl (C=O) groups is 2. The predicted molar refractivity (Wildman–Crippen MR) is 100 cm³/mol. The zero-order chi connectivity index (χ0) is 18.9. The van der Waals surface area contributed by atoms with Gasteiger partial charge in [0.25, 0.3) is 5.91 Å². The lowest BCUT2D eigenvalue weighted by Gasteiger charge is -2.28. The van der Waals surface area contributed by atoms with Gasteiger partial charge >= 0.3 is 5.97 Å². The van der Waals surface area contributed by atoms with E-state index in [9.17, 15) is 9.59 Å². The molecular weight excluding hydrogens is 330 g/mol. The Kier molecular flexibility index (Phi) is 7.21. The highest BCUT2D eigenvalue weighted by molar-refractivity contribution is 5.96. The van der Waals surface area contributed by atoms with Gasteiger partial charge in [-0.1, -0.05) is 30.3 Å². The lowest BCUT2D eigenvalue weighted by Crippen LogP contribution is -2.43. The van der Waals surface area contributed by atoms with Crippen LogP contribution in [-0.2, 0) is 16.1 Å². The third-order valence-corrected chi connectivity index (χ3v) is 3.96. The van der Waals surface area contributed by atoms with Crippen LogP contribution in [0.2, 0.25) is 0 Å². The van der Waals surface area contributed by atoms with Crippen molar-refractivity contribution in [2.75, 3.05) is 13.2 Å². The Morgan fingerprint density at radius 3 is 2.19 bits per heavy atom. The van der Waals surface area contributed by atoms with Crippen molar-refractivity contribution in [2.45, 2.75) is 33.4 Å². The molecule has 0 saturated heterocycles. The minimum absolute atomic E-state index is 0.225. The standard InChI is InChI=1S/C21H25NO4/c1-4-25-19-13-11-18(12-14-19)20(23)22(16(3)21(24)26-5-2)15-17-9-7-6-8-10-17/h6-14,16H,4-5,15H2,1-3H3. The molecule has 1 amide bonds. The second-order valence-corrected chi connectivity index (χ2v) is 5.80. The predicted octanol–water partition coefficient (Wildman–Crippen LogP) is 3.68. The lowest BCUT2D eigenvalue weighted by molar-refractivity contribution is -0.148. The van der Waals surface area contributed by atoms with Crippen molar-refractivity contribution in [3.8, 4) is 5.75 Å². The van der Waals surface area contributed by atoms with Crippen molar-refractivity contribution in [3.05, 3.63) is 65.7 Å². The van der Waals surface area contributed by atoms with Crippen molar-refractivity contribution < 1.29 is 19.1 Å². The summed E-state index contributed by atoms with van der Waals surface area (Å²) in [5, 5.41) is 0. The summed E-state index contributed by atoms with van der Waals surface area (Å²) in [6.45, 7) is 6.51. The van der Waals surface area contributed by atoms with Gasteiger partial charge in [0, 0.05) is 12.1 Å². The minimum Gasteiger partial charge on any atom is -0.494 e. The zero-order valence-corrected chi connectivity index (χ0v) is 15.5. The first kappa shape index (κ1) is 19.5. The van der Waals surface area contributed by atoms with Gasteiger partial charge in [-0.2, -0.15) is 0 Å². The van der Waals surface area contributed by atoms with Gasteiger partial charge in [0.1, 0.15) is 11.8 Å². The molecule has 0 spiro atoms. The molecule has 0 radical (unpaired) electrons. The molecule has 0 N–H and O–H groups in total. The minimum atomic E-state index is -0.686. The molecule has 1 unspecified atom stereocenters. The highest BCUT2D eigenvalue weighted by atomic mass is 16.5. The Balaban J connectivity index is 2.26. The van der Waals surface area contributed by atoms with Gasteiger partial charge < -0.3 is 14.4 Å². The lowest BCUT2D eigenvalue weighted by atomic mass is 10.1. The summed E-state index contributed by atoms with van der Waals surface area (Å²) in [4.78, 5) is 26.8. The second kappa shape index (κ2) is 9.61. The molecule has 26 heavy (non-hydrogen) atoms. The molecule has 2 rings (SSSR count). The molecule has 0 aliphatic heterocycles. The number of benzene rings is 2. The number of amides is 1. The van der Waals surface area contributed by atoms with E-state index in [0.29, 0.717) is 24.5 Å². The van der Waals surface area contributed by atoms with Crippen molar-refractivity contribution in [2.24, 2.45) is 0 Å². The van der Waals surface area contributed by atoms with E-state index in [0.717, 1.165) is 5.56 Å². The van der Waals surface area contributed by atoms with E-state index in [4.69, 9.17) is 9.47 Å². The fraction of sp³-hybridized carbons (Fsp3) is 0.333. The molecule has 0 fully saturated rings. The van der Waals surface area contributed by atoms with E-state index >= 15 is 0 Å². The molecule has 0 heterocycles. The van der Waals surface area contributed by atoms with E-state index in [1.165, 1.54) is 4.90 Å². The Bertz CT molecular complexity index is 713. The Morgan fingerprint density at radius 2 is 1.62 bits per heavy atom. The molecule has 5 heteroatoms. The highest BCUT2D eigenvalue weighted by Crippen LogP contribution is 2.18. The van der Waals surface area contributed by atoms with Gasteiger partial charge in [-0.25, -0.2) is 4.79 Å². The van der Waals surface area contributed by atoms with Crippen LogP contribution < -0.4 is 4.74 Å². The number of ether oxygens (including phenoxy) is 2. The summed E-state index contributed by atoms with van der Waals surface area (Å²) >= 11 is 0. The fourth-order valence-electron chi connectivity index (χ4n) is 2.58.